The smallest absolute Gasteiger partial charge is 0.0618 e. The highest BCUT2D eigenvalue weighted by Crippen LogP contribution is 1.88. The minimum atomic E-state index is 0.625. The Bertz CT molecular complexity index is 60.0. The van der Waals surface area contributed by atoms with Crippen molar-refractivity contribution in [2.24, 2.45) is 0 Å². The van der Waals surface area contributed by atoms with Crippen molar-refractivity contribution in [3.63, 3.8) is 0 Å². The molecule has 0 saturated heterocycles. The topological polar surface area (TPSA) is 23.8 Å². The summed E-state index contributed by atoms with van der Waals surface area (Å²) in [6, 6.07) is 1.93. The SMILES string of the molecule is CC.CC.CCC#N.CCCCC. The van der Waals surface area contributed by atoms with Crippen LogP contribution in [0.25, 0.3) is 0 Å². The van der Waals surface area contributed by atoms with Crippen LogP contribution in [0.2, 0.25) is 0 Å². The van der Waals surface area contributed by atoms with Gasteiger partial charge < -0.3 is 0 Å². The van der Waals surface area contributed by atoms with Gasteiger partial charge in [0.25, 0.3) is 0 Å². The maximum atomic E-state index is 7.62. The molecule has 0 aromatic carbocycles. The van der Waals surface area contributed by atoms with Crippen LogP contribution in [0.15, 0.2) is 0 Å². The number of nitriles is 1. The molecule has 13 heavy (non-hydrogen) atoms. The predicted octanol–water partition coefficient (Wildman–Crippen LogP) is 5.17. The Hall–Kier alpha value is -0.510. The summed E-state index contributed by atoms with van der Waals surface area (Å²) in [6.07, 6.45) is 4.70. The second-order valence-electron chi connectivity index (χ2n) is 1.87. The summed E-state index contributed by atoms with van der Waals surface area (Å²) >= 11 is 0. The first-order valence-corrected chi connectivity index (χ1v) is 5.70. The number of nitrogens with zero attached hydrogens (tertiary/aromatic N) is 1. The maximum Gasteiger partial charge on any atom is 0.0618 e. The zero-order chi connectivity index (χ0) is 11.5. The summed E-state index contributed by atoms with van der Waals surface area (Å²) in [5.41, 5.74) is 0. The third-order valence-electron chi connectivity index (χ3n) is 0.865. The quantitative estimate of drug-likeness (QED) is 0.585. The molecule has 0 aliphatic rings. The fraction of sp³-hybridized carbons (Fsp3) is 0.917. The first-order valence-electron chi connectivity index (χ1n) is 5.70. The highest BCUT2D eigenvalue weighted by atomic mass is 14.2. The first kappa shape index (κ1) is 22.9. The van der Waals surface area contributed by atoms with E-state index in [1.54, 1.807) is 0 Å². The van der Waals surface area contributed by atoms with Crippen LogP contribution in [0.4, 0.5) is 0 Å². The molecule has 0 heterocycles. The first-order chi connectivity index (χ1) is 6.33. The Morgan fingerprint density at radius 3 is 1.08 bits per heavy atom. The fourth-order valence-corrected chi connectivity index (χ4v) is 0.354. The van der Waals surface area contributed by atoms with Crippen molar-refractivity contribution < 1.29 is 0 Å². The summed E-state index contributed by atoms with van der Waals surface area (Å²) < 4.78 is 0. The maximum absolute atomic E-state index is 7.62. The van der Waals surface area contributed by atoms with Gasteiger partial charge in [0, 0.05) is 6.42 Å². The van der Waals surface area contributed by atoms with E-state index in [9.17, 15) is 0 Å². The van der Waals surface area contributed by atoms with Gasteiger partial charge in [-0.1, -0.05) is 67.7 Å². The lowest BCUT2D eigenvalue weighted by Crippen LogP contribution is -1.59. The van der Waals surface area contributed by atoms with Crippen LogP contribution in [0.1, 0.15) is 74.1 Å². The predicted molar refractivity (Wildman–Crippen MR) is 63.8 cm³/mol. The molecule has 0 aliphatic carbocycles. The van der Waals surface area contributed by atoms with Crippen LogP contribution >= 0.6 is 0 Å². The van der Waals surface area contributed by atoms with Crippen molar-refractivity contribution >= 4 is 0 Å². The number of hydrogen-bond donors (Lipinski definition) is 0. The van der Waals surface area contributed by atoms with E-state index in [0.29, 0.717) is 6.42 Å². The summed E-state index contributed by atoms with van der Waals surface area (Å²) in [7, 11) is 0. The van der Waals surface area contributed by atoms with Crippen LogP contribution < -0.4 is 0 Å². The van der Waals surface area contributed by atoms with Crippen LogP contribution in [0, 0.1) is 11.3 Å². The molecule has 82 valence electrons. The minimum Gasteiger partial charge on any atom is -0.198 e. The standard InChI is InChI=1S/C5H12.C3H5N.2C2H6/c1-3-5-4-2;1-2-3-4;2*1-2/h3-5H2,1-2H3;2H2,1H3;2*1-2H3. The third kappa shape index (κ3) is 167. The molecule has 0 aliphatic heterocycles. The van der Waals surface area contributed by atoms with Gasteiger partial charge in [-0.3, -0.25) is 0 Å². The van der Waals surface area contributed by atoms with Gasteiger partial charge in [-0.2, -0.15) is 5.26 Å². The van der Waals surface area contributed by atoms with Crippen LogP contribution in [-0.2, 0) is 0 Å². The lowest BCUT2D eigenvalue weighted by molar-refractivity contribution is 0.772. The third-order valence-corrected chi connectivity index (χ3v) is 0.865. The molecule has 0 amide bonds. The molecule has 0 saturated carbocycles. The molecule has 1 heteroatoms. The lowest BCUT2D eigenvalue weighted by atomic mass is 10.3. The van der Waals surface area contributed by atoms with E-state index in [2.05, 4.69) is 13.8 Å². The Kier molecular flexibility index (Phi) is 110. The summed E-state index contributed by atoms with van der Waals surface area (Å²) in [5, 5.41) is 7.62. The van der Waals surface area contributed by atoms with Gasteiger partial charge in [-0.25, -0.2) is 0 Å². The lowest BCUT2D eigenvalue weighted by Gasteiger charge is -1.79. The molecule has 1 nitrogen and oxygen atoms in total. The number of unbranched alkanes of at least 4 members (excludes halogenated alkanes) is 2. The van der Waals surface area contributed by atoms with E-state index in [4.69, 9.17) is 5.26 Å². The van der Waals surface area contributed by atoms with Crippen LogP contribution in [-0.4, -0.2) is 0 Å². The second kappa shape index (κ2) is 62.7. The van der Waals surface area contributed by atoms with E-state index in [0.717, 1.165) is 0 Å². The molecule has 0 rings (SSSR count). The van der Waals surface area contributed by atoms with Crippen molar-refractivity contribution in [3.8, 4) is 6.07 Å². The Morgan fingerprint density at radius 1 is 0.846 bits per heavy atom. The summed E-state index contributed by atoms with van der Waals surface area (Å²) in [5.74, 6) is 0. The van der Waals surface area contributed by atoms with Gasteiger partial charge in [0.15, 0.2) is 0 Å². The van der Waals surface area contributed by atoms with Crippen molar-refractivity contribution in [1.29, 1.82) is 5.26 Å². The molecular weight excluding hydrogens is 158 g/mol. The highest BCUT2D eigenvalue weighted by molar-refractivity contribution is 4.61. The van der Waals surface area contributed by atoms with Gasteiger partial charge in [0.05, 0.1) is 6.07 Å². The van der Waals surface area contributed by atoms with Gasteiger partial charge in [0.1, 0.15) is 0 Å². The van der Waals surface area contributed by atoms with E-state index in [1.807, 2.05) is 40.7 Å². The molecule has 0 fully saturated rings. The largest absolute Gasteiger partial charge is 0.198 e. The molecule has 0 N–H and O–H groups in total. The summed E-state index contributed by atoms with van der Waals surface area (Å²) in [6.45, 7) is 14.2. The fourth-order valence-electron chi connectivity index (χ4n) is 0.354. The molecule has 0 radical (unpaired) electrons. The Balaban J connectivity index is -0.0000000457. The van der Waals surface area contributed by atoms with Gasteiger partial charge in [0.2, 0.25) is 0 Å². The molecule has 0 bridgehead atoms. The van der Waals surface area contributed by atoms with E-state index in [1.165, 1.54) is 19.3 Å². The van der Waals surface area contributed by atoms with Crippen molar-refractivity contribution in [2.75, 3.05) is 0 Å². The molecule has 0 atom stereocenters. The molecule has 0 aromatic heterocycles. The normalized spacial score (nSPS) is 5.69. The average Bonchev–Trinajstić information content (AvgIpc) is 2.25. The summed E-state index contributed by atoms with van der Waals surface area (Å²) in [4.78, 5) is 0. The highest BCUT2D eigenvalue weighted by Gasteiger charge is 1.68. The zero-order valence-electron chi connectivity index (χ0n) is 10.8. The van der Waals surface area contributed by atoms with Crippen molar-refractivity contribution in [3.05, 3.63) is 0 Å². The minimum absolute atomic E-state index is 0.625. The van der Waals surface area contributed by atoms with E-state index < -0.39 is 0 Å². The van der Waals surface area contributed by atoms with Crippen molar-refractivity contribution in [2.45, 2.75) is 74.1 Å². The average molecular weight is 187 g/mol. The van der Waals surface area contributed by atoms with Gasteiger partial charge in [-0.15, -0.1) is 0 Å². The van der Waals surface area contributed by atoms with Gasteiger partial charge in [-0.05, 0) is 0 Å². The number of hydrogen-bond acceptors (Lipinski definition) is 1. The van der Waals surface area contributed by atoms with E-state index >= 15 is 0 Å². The Morgan fingerprint density at radius 2 is 1.08 bits per heavy atom. The monoisotopic (exact) mass is 187 g/mol. The Labute approximate surface area is 86.2 Å². The molecule has 0 spiro atoms. The van der Waals surface area contributed by atoms with Gasteiger partial charge >= 0.3 is 0 Å². The van der Waals surface area contributed by atoms with Crippen LogP contribution in [0.3, 0.4) is 0 Å². The second-order valence-corrected chi connectivity index (χ2v) is 1.87. The molecule has 0 aromatic rings. The zero-order valence-corrected chi connectivity index (χ0v) is 10.8. The van der Waals surface area contributed by atoms with E-state index in [-0.39, 0.29) is 0 Å². The van der Waals surface area contributed by atoms with Crippen LogP contribution in [0.5, 0.6) is 0 Å². The van der Waals surface area contributed by atoms with Crippen molar-refractivity contribution in [1.82, 2.24) is 0 Å². The number of rotatable bonds is 2. The molecule has 0 unspecified atom stereocenters. The molecular formula is C12H29N.